The molecule has 1 atom stereocenters. The molecule has 2 amide bonds. The molecule has 0 aromatic heterocycles. The van der Waals surface area contributed by atoms with E-state index in [1.54, 1.807) is 31.2 Å². The van der Waals surface area contributed by atoms with Gasteiger partial charge in [-0.1, -0.05) is 41.7 Å². The predicted molar refractivity (Wildman–Crippen MR) is 103 cm³/mol. The van der Waals surface area contributed by atoms with Crippen LogP contribution in [-0.4, -0.2) is 26.9 Å². The van der Waals surface area contributed by atoms with E-state index in [9.17, 15) is 9.59 Å². The Balaban J connectivity index is 2.68. The third-order valence-electron chi connectivity index (χ3n) is 2.69. The van der Waals surface area contributed by atoms with Gasteiger partial charge < -0.3 is 21.3 Å². The van der Waals surface area contributed by atoms with E-state index in [-0.39, 0.29) is 23.3 Å². The molecule has 10 heteroatoms. The van der Waals surface area contributed by atoms with E-state index in [0.29, 0.717) is 11.4 Å². The number of nitrogens with one attached hydrogen (secondary N) is 4. The van der Waals surface area contributed by atoms with Crippen molar-refractivity contribution >= 4 is 75.3 Å². The van der Waals surface area contributed by atoms with E-state index in [2.05, 4.69) is 21.3 Å². The summed E-state index contributed by atoms with van der Waals surface area (Å²) < 4.78 is -1.79. The summed E-state index contributed by atoms with van der Waals surface area (Å²) in [6, 6.07) is 6.84. The zero-order valence-corrected chi connectivity index (χ0v) is 16.0. The van der Waals surface area contributed by atoms with Crippen LogP contribution in [0.4, 0.5) is 11.4 Å². The van der Waals surface area contributed by atoms with Crippen molar-refractivity contribution < 1.29 is 9.59 Å². The lowest BCUT2D eigenvalue weighted by Crippen LogP contribution is -2.56. The first-order valence-corrected chi connectivity index (χ1v) is 8.47. The Morgan fingerprint density at radius 2 is 1.58 bits per heavy atom. The van der Waals surface area contributed by atoms with Crippen molar-refractivity contribution in [2.45, 2.75) is 30.2 Å². The van der Waals surface area contributed by atoms with E-state index in [1.807, 2.05) is 0 Å². The second-order valence-electron chi connectivity index (χ2n) is 4.75. The summed E-state index contributed by atoms with van der Waals surface area (Å²) in [6.45, 7) is 3.10. The minimum Gasteiger partial charge on any atom is -0.339 e. The summed E-state index contributed by atoms with van der Waals surface area (Å²) in [4.78, 5) is 22.5. The number of carbonyl (C=O) groups excluding carboxylic acids is 2. The van der Waals surface area contributed by atoms with E-state index in [1.165, 1.54) is 6.92 Å². The van der Waals surface area contributed by atoms with Crippen molar-refractivity contribution in [1.82, 2.24) is 10.6 Å². The third kappa shape index (κ3) is 7.53. The normalized spacial score (nSPS) is 12.0. The predicted octanol–water partition coefficient (Wildman–Crippen LogP) is 3.15. The van der Waals surface area contributed by atoms with E-state index < -0.39 is 9.96 Å². The minimum atomic E-state index is -1.79. The van der Waals surface area contributed by atoms with Crippen molar-refractivity contribution in [3.05, 3.63) is 24.3 Å². The largest absolute Gasteiger partial charge is 0.339 e. The van der Waals surface area contributed by atoms with Gasteiger partial charge in [0.05, 0.1) is 0 Å². The van der Waals surface area contributed by atoms with Crippen LogP contribution in [0.3, 0.4) is 0 Å². The summed E-state index contributed by atoms with van der Waals surface area (Å²) in [5.41, 5.74) is 1.31. The SMILES string of the molecule is CCC(=O)N[C@H](NC(=S)Nc1ccc(NC(C)=O)cc1)C(Cl)(Cl)Cl. The highest BCUT2D eigenvalue weighted by Crippen LogP contribution is 2.29. The molecule has 1 rings (SSSR count). The highest BCUT2D eigenvalue weighted by Gasteiger charge is 2.34. The van der Waals surface area contributed by atoms with Crippen LogP contribution in [0.5, 0.6) is 0 Å². The zero-order chi connectivity index (χ0) is 18.3. The number of benzene rings is 1. The van der Waals surface area contributed by atoms with Crippen LogP contribution in [0.25, 0.3) is 0 Å². The summed E-state index contributed by atoms with van der Waals surface area (Å²) >= 11 is 22.7. The van der Waals surface area contributed by atoms with Crippen LogP contribution in [-0.2, 0) is 9.59 Å². The maximum Gasteiger partial charge on any atom is 0.228 e. The Morgan fingerprint density at radius 1 is 1.08 bits per heavy atom. The number of hydrogen-bond donors (Lipinski definition) is 4. The quantitative estimate of drug-likeness (QED) is 0.340. The van der Waals surface area contributed by atoms with Crippen molar-refractivity contribution in [1.29, 1.82) is 0 Å². The summed E-state index contributed by atoms with van der Waals surface area (Å²) in [6.07, 6.45) is -0.752. The molecule has 0 aliphatic rings. The first kappa shape index (κ1) is 20.8. The van der Waals surface area contributed by atoms with Gasteiger partial charge >= 0.3 is 0 Å². The van der Waals surface area contributed by atoms with Gasteiger partial charge in [-0.25, -0.2) is 0 Å². The first-order valence-electron chi connectivity index (χ1n) is 6.93. The van der Waals surface area contributed by atoms with Gasteiger partial charge in [0.15, 0.2) is 5.11 Å². The molecule has 4 N–H and O–H groups in total. The van der Waals surface area contributed by atoms with Crippen LogP contribution < -0.4 is 21.3 Å². The van der Waals surface area contributed by atoms with Gasteiger partial charge in [-0.3, -0.25) is 9.59 Å². The number of amides is 2. The van der Waals surface area contributed by atoms with Crippen LogP contribution in [0.2, 0.25) is 0 Å². The molecule has 0 unspecified atom stereocenters. The van der Waals surface area contributed by atoms with Crippen LogP contribution >= 0.6 is 47.0 Å². The van der Waals surface area contributed by atoms with Gasteiger partial charge in [0.2, 0.25) is 15.6 Å². The number of halogens is 3. The Hall–Kier alpha value is -1.28. The van der Waals surface area contributed by atoms with Crippen molar-refractivity contribution in [3.8, 4) is 0 Å². The lowest BCUT2D eigenvalue weighted by Gasteiger charge is -2.27. The third-order valence-corrected chi connectivity index (χ3v) is 3.57. The summed E-state index contributed by atoms with van der Waals surface area (Å²) in [5.74, 6) is -0.452. The summed E-state index contributed by atoms with van der Waals surface area (Å²) in [7, 11) is 0. The van der Waals surface area contributed by atoms with E-state index >= 15 is 0 Å². The Kier molecular flexibility index (Phi) is 8.02. The molecule has 0 aliphatic carbocycles. The highest BCUT2D eigenvalue weighted by atomic mass is 35.6. The maximum atomic E-state index is 11.5. The molecule has 0 radical (unpaired) electrons. The van der Waals surface area contributed by atoms with Crippen molar-refractivity contribution in [3.63, 3.8) is 0 Å². The molecule has 0 saturated carbocycles. The topological polar surface area (TPSA) is 82.3 Å². The minimum absolute atomic E-state index is 0.162. The maximum absolute atomic E-state index is 11.5. The molecule has 0 saturated heterocycles. The Morgan fingerprint density at radius 3 is 2.00 bits per heavy atom. The lowest BCUT2D eigenvalue weighted by molar-refractivity contribution is -0.121. The monoisotopic (exact) mass is 410 g/mol. The van der Waals surface area contributed by atoms with Gasteiger partial charge in [0.1, 0.15) is 6.17 Å². The van der Waals surface area contributed by atoms with Gasteiger partial charge in [0, 0.05) is 24.7 Å². The number of thiocarbonyl (C=S) groups is 1. The second kappa shape index (κ2) is 9.27. The van der Waals surface area contributed by atoms with Crippen molar-refractivity contribution in [2.75, 3.05) is 10.6 Å². The molecule has 24 heavy (non-hydrogen) atoms. The number of anilines is 2. The smallest absolute Gasteiger partial charge is 0.228 e. The first-order chi connectivity index (χ1) is 11.1. The second-order valence-corrected chi connectivity index (χ2v) is 7.53. The van der Waals surface area contributed by atoms with Gasteiger partial charge in [-0.15, -0.1) is 0 Å². The molecule has 6 nitrogen and oxygen atoms in total. The molecule has 0 fully saturated rings. The fraction of sp³-hybridized carbons (Fsp3) is 0.357. The number of rotatable bonds is 5. The Labute approximate surface area is 160 Å². The number of carbonyl (C=O) groups is 2. The van der Waals surface area contributed by atoms with Gasteiger partial charge in [-0.2, -0.15) is 0 Å². The molecule has 0 aliphatic heterocycles. The lowest BCUT2D eigenvalue weighted by atomic mass is 10.3. The molecule has 0 spiro atoms. The molecule has 0 bridgehead atoms. The van der Waals surface area contributed by atoms with E-state index in [4.69, 9.17) is 47.0 Å². The number of hydrogen-bond acceptors (Lipinski definition) is 3. The highest BCUT2D eigenvalue weighted by molar-refractivity contribution is 7.80. The summed E-state index contributed by atoms with van der Waals surface area (Å²) in [5, 5.41) is 11.0. The number of alkyl halides is 3. The van der Waals surface area contributed by atoms with Crippen LogP contribution in [0.15, 0.2) is 24.3 Å². The van der Waals surface area contributed by atoms with E-state index in [0.717, 1.165) is 0 Å². The Bertz CT molecular complexity index is 605. The molecule has 0 heterocycles. The average molecular weight is 412 g/mol. The van der Waals surface area contributed by atoms with Crippen LogP contribution in [0.1, 0.15) is 20.3 Å². The molecule has 1 aromatic carbocycles. The fourth-order valence-corrected chi connectivity index (χ4v) is 2.16. The molecular weight excluding hydrogens is 395 g/mol. The molecule has 1 aromatic rings. The van der Waals surface area contributed by atoms with Crippen molar-refractivity contribution in [2.24, 2.45) is 0 Å². The van der Waals surface area contributed by atoms with Crippen LogP contribution in [0, 0.1) is 0 Å². The van der Waals surface area contributed by atoms with Gasteiger partial charge in [0.25, 0.3) is 0 Å². The molecular formula is C14H17Cl3N4O2S. The standard InChI is InChI=1S/C14H17Cl3N4O2S/c1-3-11(23)20-12(14(15,16)17)21-13(24)19-10-6-4-9(5-7-10)18-8(2)22/h4-7,12H,3H2,1-2H3,(H,18,22)(H,20,23)(H2,19,21,24)/t12-/m1/s1. The zero-order valence-electron chi connectivity index (χ0n) is 13.0. The molecule has 132 valence electrons. The average Bonchev–Trinajstić information content (AvgIpc) is 2.47. The van der Waals surface area contributed by atoms with Gasteiger partial charge in [-0.05, 0) is 36.5 Å². The fourth-order valence-electron chi connectivity index (χ4n) is 1.60.